The maximum Gasteiger partial charge on any atom is 0.573 e. The average molecular weight is 483 g/mol. The molecule has 1 amide bonds. The van der Waals surface area contributed by atoms with Crippen molar-refractivity contribution in [3.8, 4) is 11.5 Å². The van der Waals surface area contributed by atoms with Crippen molar-refractivity contribution in [1.29, 1.82) is 0 Å². The normalized spacial score (nSPS) is 19.5. The third-order valence-corrected chi connectivity index (χ3v) is 6.56. The van der Waals surface area contributed by atoms with Crippen molar-refractivity contribution in [1.82, 2.24) is 19.3 Å². The Morgan fingerprint density at radius 2 is 2.03 bits per heavy atom. The fourth-order valence-corrected chi connectivity index (χ4v) is 5.11. The first kappa shape index (κ1) is 21.5. The number of hydrogen-bond donors (Lipinski definition) is 1. The van der Waals surface area contributed by atoms with E-state index in [1.165, 1.54) is 18.2 Å². The van der Waals surface area contributed by atoms with Crippen LogP contribution in [0.5, 0.6) is 11.5 Å². The summed E-state index contributed by atoms with van der Waals surface area (Å²) in [5.74, 6) is 0.821. The van der Waals surface area contributed by atoms with Crippen molar-refractivity contribution < 1.29 is 27.4 Å². The van der Waals surface area contributed by atoms with Gasteiger partial charge in [-0.2, -0.15) is 0 Å². The molecule has 0 unspecified atom stereocenters. The van der Waals surface area contributed by atoms with Gasteiger partial charge < -0.3 is 20.1 Å². The summed E-state index contributed by atoms with van der Waals surface area (Å²) in [5, 5.41) is 0. The van der Waals surface area contributed by atoms with E-state index in [4.69, 9.17) is 10.5 Å². The number of likely N-dealkylation sites (tertiary alicyclic amines) is 1. The van der Waals surface area contributed by atoms with Gasteiger partial charge in [0.05, 0.1) is 23.3 Å². The number of carbonyl (C=O) groups excluding carboxylic acids is 1. The molecule has 0 aliphatic carbocycles. The molecule has 1 fully saturated rings. The quantitative estimate of drug-likeness (QED) is 0.454. The molecule has 1 saturated heterocycles. The molecule has 4 aromatic rings. The van der Waals surface area contributed by atoms with Crippen LogP contribution in [0.3, 0.4) is 0 Å². The number of nitrogens with two attached hydrogens (primary N) is 1. The van der Waals surface area contributed by atoms with Gasteiger partial charge in [-0.05, 0) is 50.1 Å². The Labute approximate surface area is 197 Å². The standard InChI is InChI=1S/C24H20F3N5O3/c1-12-29-11-18-22(28)30-16-7-4-13(9-17(16)32(12)18)23(33)31-8-2-3-19-21(31)15-6-5-14(10-20(15)34-19)35-24(25,26)27/h4-7,9-11,19,21H,2-3,8H2,1H3,(H2,28,30)/t19-,21-/m0/s1. The van der Waals surface area contributed by atoms with E-state index in [1.807, 2.05) is 11.3 Å². The van der Waals surface area contributed by atoms with Gasteiger partial charge in [0.15, 0.2) is 0 Å². The highest BCUT2D eigenvalue weighted by Crippen LogP contribution is 2.46. The summed E-state index contributed by atoms with van der Waals surface area (Å²) in [7, 11) is 0. The summed E-state index contributed by atoms with van der Waals surface area (Å²) in [6, 6.07) is 8.84. The Morgan fingerprint density at radius 3 is 2.83 bits per heavy atom. The zero-order valence-corrected chi connectivity index (χ0v) is 18.5. The van der Waals surface area contributed by atoms with E-state index in [0.717, 1.165) is 5.82 Å². The number of carbonyl (C=O) groups is 1. The molecular formula is C24H20F3N5O3. The van der Waals surface area contributed by atoms with Crippen LogP contribution in [-0.2, 0) is 0 Å². The summed E-state index contributed by atoms with van der Waals surface area (Å²) in [6.07, 6.45) is -2.09. The van der Waals surface area contributed by atoms with Crippen molar-refractivity contribution in [2.75, 3.05) is 12.3 Å². The van der Waals surface area contributed by atoms with Crippen LogP contribution in [0.1, 0.15) is 40.6 Å². The number of amides is 1. The number of halogens is 3. The van der Waals surface area contributed by atoms with Crippen molar-refractivity contribution in [3.05, 3.63) is 59.5 Å². The molecule has 0 radical (unpaired) electrons. The highest BCUT2D eigenvalue weighted by molar-refractivity contribution is 5.98. The number of imidazole rings is 1. The molecule has 0 bridgehead atoms. The smallest absolute Gasteiger partial charge is 0.487 e. The SMILES string of the molecule is Cc1ncc2c(N)nc3ccc(C(=O)N4CCC[C@@H]5Oc6cc(OC(F)(F)F)ccc6[C@@H]54)cc3n12. The molecule has 35 heavy (non-hydrogen) atoms. The zero-order valence-electron chi connectivity index (χ0n) is 18.5. The van der Waals surface area contributed by atoms with Crippen LogP contribution >= 0.6 is 0 Å². The molecule has 2 atom stereocenters. The fourth-order valence-electron chi connectivity index (χ4n) is 5.11. The molecule has 2 aliphatic heterocycles. The van der Waals surface area contributed by atoms with Crippen LogP contribution in [0.2, 0.25) is 0 Å². The average Bonchev–Trinajstić information content (AvgIpc) is 3.38. The molecule has 2 N–H and O–H groups in total. The van der Waals surface area contributed by atoms with Gasteiger partial charge in [0.2, 0.25) is 0 Å². The Morgan fingerprint density at radius 1 is 1.20 bits per heavy atom. The first-order valence-corrected chi connectivity index (χ1v) is 11.1. The van der Waals surface area contributed by atoms with Gasteiger partial charge in [0, 0.05) is 23.7 Å². The number of aryl methyl sites for hydroxylation is 1. The Kier molecular flexibility index (Phi) is 4.60. The van der Waals surface area contributed by atoms with Crippen LogP contribution in [-0.4, -0.2) is 44.2 Å². The molecule has 11 heteroatoms. The topological polar surface area (TPSA) is 95.0 Å². The van der Waals surface area contributed by atoms with E-state index in [1.54, 1.807) is 29.3 Å². The molecule has 2 aromatic carbocycles. The van der Waals surface area contributed by atoms with Gasteiger partial charge >= 0.3 is 6.36 Å². The second-order valence-corrected chi connectivity index (χ2v) is 8.72. The second-order valence-electron chi connectivity index (χ2n) is 8.72. The van der Waals surface area contributed by atoms with Crippen LogP contribution in [0.15, 0.2) is 42.6 Å². The Hall–Kier alpha value is -4.02. The maximum atomic E-state index is 13.7. The number of ether oxygens (including phenoxy) is 2. The van der Waals surface area contributed by atoms with Gasteiger partial charge in [-0.15, -0.1) is 13.2 Å². The molecule has 0 saturated carbocycles. The van der Waals surface area contributed by atoms with Crippen LogP contribution < -0.4 is 15.2 Å². The van der Waals surface area contributed by atoms with Crippen molar-refractivity contribution in [3.63, 3.8) is 0 Å². The lowest BCUT2D eigenvalue weighted by Crippen LogP contribution is -2.44. The van der Waals surface area contributed by atoms with Gasteiger partial charge in [0.1, 0.15) is 34.8 Å². The van der Waals surface area contributed by atoms with Crippen LogP contribution in [0, 0.1) is 6.92 Å². The number of rotatable bonds is 2. The lowest BCUT2D eigenvalue weighted by atomic mass is 9.93. The van der Waals surface area contributed by atoms with Crippen molar-refractivity contribution in [2.45, 2.75) is 38.3 Å². The van der Waals surface area contributed by atoms with Gasteiger partial charge in [0.25, 0.3) is 5.91 Å². The van der Waals surface area contributed by atoms with E-state index >= 15 is 0 Å². The zero-order chi connectivity index (χ0) is 24.5. The number of hydrogen-bond acceptors (Lipinski definition) is 6. The fraction of sp³-hybridized carbons (Fsp3) is 0.292. The van der Waals surface area contributed by atoms with E-state index in [0.29, 0.717) is 58.6 Å². The maximum absolute atomic E-state index is 13.7. The third-order valence-electron chi connectivity index (χ3n) is 6.56. The molecule has 6 rings (SSSR count). The molecule has 8 nitrogen and oxygen atoms in total. The number of anilines is 1. The highest BCUT2D eigenvalue weighted by Gasteiger charge is 2.43. The predicted octanol–water partition coefficient (Wildman–Crippen LogP) is 4.41. The predicted molar refractivity (Wildman–Crippen MR) is 120 cm³/mol. The van der Waals surface area contributed by atoms with Crippen LogP contribution in [0.4, 0.5) is 19.0 Å². The molecule has 0 spiro atoms. The minimum atomic E-state index is -4.80. The third kappa shape index (κ3) is 3.49. The van der Waals surface area contributed by atoms with E-state index in [-0.39, 0.29) is 17.8 Å². The Bertz CT molecular complexity index is 1500. The van der Waals surface area contributed by atoms with Gasteiger partial charge in [-0.25, -0.2) is 9.97 Å². The number of piperidine rings is 1. The summed E-state index contributed by atoms with van der Waals surface area (Å²) < 4.78 is 49.8. The summed E-state index contributed by atoms with van der Waals surface area (Å²) in [4.78, 5) is 24.2. The summed E-state index contributed by atoms with van der Waals surface area (Å²) >= 11 is 0. The number of aromatic nitrogens is 3. The summed E-state index contributed by atoms with van der Waals surface area (Å²) in [5.41, 5.74) is 9.20. The van der Waals surface area contributed by atoms with Crippen molar-refractivity contribution in [2.24, 2.45) is 0 Å². The second kappa shape index (κ2) is 7.49. The minimum absolute atomic E-state index is 0.198. The first-order chi connectivity index (χ1) is 16.7. The lowest BCUT2D eigenvalue weighted by Gasteiger charge is -2.36. The minimum Gasteiger partial charge on any atom is -0.487 e. The molecule has 2 aromatic heterocycles. The summed E-state index contributed by atoms with van der Waals surface area (Å²) in [6.45, 7) is 2.35. The van der Waals surface area contributed by atoms with E-state index in [9.17, 15) is 18.0 Å². The number of nitrogen functional groups attached to an aromatic ring is 1. The highest BCUT2D eigenvalue weighted by atomic mass is 19.4. The van der Waals surface area contributed by atoms with Gasteiger partial charge in [-0.3, -0.25) is 9.20 Å². The monoisotopic (exact) mass is 483 g/mol. The van der Waals surface area contributed by atoms with Gasteiger partial charge in [-0.1, -0.05) is 0 Å². The molecule has 2 aliphatic rings. The molecular weight excluding hydrogens is 463 g/mol. The van der Waals surface area contributed by atoms with Crippen molar-refractivity contribution >= 4 is 28.3 Å². The molecule has 4 heterocycles. The number of nitrogens with zero attached hydrogens (tertiary/aromatic N) is 4. The number of alkyl halides is 3. The largest absolute Gasteiger partial charge is 0.573 e. The number of fused-ring (bicyclic) bond motifs is 6. The van der Waals surface area contributed by atoms with E-state index in [2.05, 4.69) is 14.7 Å². The lowest BCUT2D eigenvalue weighted by molar-refractivity contribution is -0.274. The van der Waals surface area contributed by atoms with E-state index < -0.39 is 12.4 Å². The first-order valence-electron chi connectivity index (χ1n) is 11.1. The number of benzene rings is 2. The van der Waals surface area contributed by atoms with Crippen LogP contribution in [0.25, 0.3) is 16.6 Å². The Balaban J connectivity index is 1.38. The molecule has 180 valence electrons.